The number of aliphatic hydroxyl groups excluding tert-OH is 1. The Hall–Kier alpha value is -2.22. The van der Waals surface area contributed by atoms with Gasteiger partial charge in [-0.2, -0.15) is 13.2 Å². The molecule has 102 valence electrons. The number of alkyl halides is 3. The molecule has 0 atom stereocenters. The summed E-state index contributed by atoms with van der Waals surface area (Å²) in [4.78, 5) is 3.76. The Morgan fingerprint density at radius 2 is 1.84 bits per heavy atom. The summed E-state index contributed by atoms with van der Waals surface area (Å²) < 4.78 is 40.1. The molecule has 1 aromatic heterocycles. The van der Waals surface area contributed by atoms with Crippen LogP contribution in [0.25, 0.3) is 5.69 Å². The van der Waals surface area contributed by atoms with Crippen LogP contribution in [0.3, 0.4) is 0 Å². The number of hydrogen-bond donors (Lipinski definition) is 3. The van der Waals surface area contributed by atoms with E-state index in [2.05, 4.69) is 4.98 Å². The lowest BCUT2D eigenvalue weighted by molar-refractivity contribution is -0.137. The second-order valence-electron chi connectivity index (χ2n) is 3.87. The maximum Gasteiger partial charge on any atom is 0.418 e. The SMILES string of the molecule is Nc1cc(-n2ccnc2CO)c(C(F)(F)F)cc1N. The maximum absolute atomic E-state index is 13.0. The number of rotatable bonds is 2. The highest BCUT2D eigenvalue weighted by atomic mass is 19.4. The lowest BCUT2D eigenvalue weighted by atomic mass is 10.1. The Morgan fingerprint density at radius 1 is 1.21 bits per heavy atom. The molecule has 0 amide bonds. The van der Waals surface area contributed by atoms with Crippen molar-refractivity contribution in [1.29, 1.82) is 0 Å². The van der Waals surface area contributed by atoms with Gasteiger partial charge in [0.15, 0.2) is 0 Å². The van der Waals surface area contributed by atoms with E-state index in [1.54, 1.807) is 0 Å². The monoisotopic (exact) mass is 272 g/mol. The molecule has 2 aromatic rings. The van der Waals surface area contributed by atoms with Gasteiger partial charge in [-0.25, -0.2) is 4.98 Å². The lowest BCUT2D eigenvalue weighted by Gasteiger charge is -2.16. The summed E-state index contributed by atoms with van der Waals surface area (Å²) in [5.41, 5.74) is 9.67. The van der Waals surface area contributed by atoms with Gasteiger partial charge < -0.3 is 21.1 Å². The van der Waals surface area contributed by atoms with Crippen LogP contribution in [0.15, 0.2) is 24.5 Å². The number of imidazole rings is 1. The fourth-order valence-electron chi connectivity index (χ4n) is 1.72. The molecule has 1 aromatic carbocycles. The molecule has 0 unspecified atom stereocenters. The summed E-state index contributed by atoms with van der Waals surface area (Å²) in [5, 5.41) is 9.07. The van der Waals surface area contributed by atoms with E-state index in [0.717, 1.165) is 16.7 Å². The quantitative estimate of drug-likeness (QED) is 0.723. The van der Waals surface area contributed by atoms with Crippen molar-refractivity contribution in [2.75, 3.05) is 11.5 Å². The van der Waals surface area contributed by atoms with E-state index in [-0.39, 0.29) is 22.9 Å². The number of nitrogens with two attached hydrogens (primary N) is 2. The third kappa shape index (κ3) is 2.34. The van der Waals surface area contributed by atoms with Gasteiger partial charge in [0, 0.05) is 12.4 Å². The zero-order chi connectivity index (χ0) is 14.2. The fraction of sp³-hybridized carbons (Fsp3) is 0.182. The van der Waals surface area contributed by atoms with Crippen molar-refractivity contribution in [3.05, 3.63) is 35.9 Å². The summed E-state index contributed by atoms with van der Waals surface area (Å²) in [6.07, 6.45) is -1.99. The van der Waals surface area contributed by atoms with Gasteiger partial charge in [-0.3, -0.25) is 0 Å². The van der Waals surface area contributed by atoms with Crippen molar-refractivity contribution in [3.63, 3.8) is 0 Å². The number of anilines is 2. The largest absolute Gasteiger partial charge is 0.418 e. The van der Waals surface area contributed by atoms with Crippen molar-refractivity contribution >= 4 is 11.4 Å². The Kier molecular flexibility index (Phi) is 3.11. The topological polar surface area (TPSA) is 90.1 Å². The van der Waals surface area contributed by atoms with Crippen LogP contribution in [0.1, 0.15) is 11.4 Å². The van der Waals surface area contributed by atoms with E-state index in [0.29, 0.717) is 0 Å². The summed E-state index contributed by atoms with van der Waals surface area (Å²) in [7, 11) is 0. The van der Waals surface area contributed by atoms with Crippen LogP contribution in [0.2, 0.25) is 0 Å². The Morgan fingerprint density at radius 3 is 2.42 bits per heavy atom. The molecule has 5 N–H and O–H groups in total. The van der Waals surface area contributed by atoms with Crippen LogP contribution < -0.4 is 11.5 Å². The van der Waals surface area contributed by atoms with E-state index >= 15 is 0 Å². The van der Waals surface area contributed by atoms with Crippen LogP contribution in [-0.4, -0.2) is 14.7 Å². The fourth-order valence-corrected chi connectivity index (χ4v) is 1.72. The third-order valence-corrected chi connectivity index (χ3v) is 2.63. The van der Waals surface area contributed by atoms with Crippen LogP contribution >= 0.6 is 0 Å². The summed E-state index contributed by atoms with van der Waals surface area (Å²) in [5.74, 6) is 0.0784. The molecule has 2 rings (SSSR count). The zero-order valence-corrected chi connectivity index (χ0v) is 9.65. The molecule has 0 radical (unpaired) electrons. The Balaban J connectivity index is 2.72. The van der Waals surface area contributed by atoms with Crippen LogP contribution in [0, 0.1) is 0 Å². The number of halogens is 3. The predicted molar refractivity (Wildman–Crippen MR) is 63.3 cm³/mol. The summed E-state index contributed by atoms with van der Waals surface area (Å²) in [6, 6.07) is 1.88. The normalized spacial score (nSPS) is 11.8. The number of aromatic nitrogens is 2. The van der Waals surface area contributed by atoms with E-state index in [4.69, 9.17) is 16.6 Å². The molecule has 1 heterocycles. The smallest absolute Gasteiger partial charge is 0.397 e. The predicted octanol–water partition coefficient (Wildman–Crippen LogP) is 1.55. The van der Waals surface area contributed by atoms with Gasteiger partial charge in [-0.15, -0.1) is 0 Å². The van der Waals surface area contributed by atoms with Crippen molar-refractivity contribution < 1.29 is 18.3 Å². The molecular weight excluding hydrogens is 261 g/mol. The Bertz CT molecular complexity index is 606. The van der Waals surface area contributed by atoms with E-state index in [1.165, 1.54) is 12.4 Å². The summed E-state index contributed by atoms with van der Waals surface area (Å²) in [6.45, 7) is -0.491. The molecule has 0 aliphatic heterocycles. The first-order valence-electron chi connectivity index (χ1n) is 5.24. The van der Waals surface area contributed by atoms with Crippen molar-refractivity contribution in [3.8, 4) is 5.69 Å². The molecule has 8 heteroatoms. The second-order valence-corrected chi connectivity index (χ2v) is 3.87. The first kappa shape index (κ1) is 13.2. The van der Waals surface area contributed by atoms with Crippen LogP contribution in [-0.2, 0) is 12.8 Å². The van der Waals surface area contributed by atoms with Gasteiger partial charge in [0.1, 0.15) is 12.4 Å². The Labute approximate surface area is 106 Å². The van der Waals surface area contributed by atoms with Crippen molar-refractivity contribution in [2.24, 2.45) is 0 Å². The average Bonchev–Trinajstić information content (AvgIpc) is 2.78. The van der Waals surface area contributed by atoms with Gasteiger partial charge in [0.05, 0.1) is 22.6 Å². The minimum atomic E-state index is -4.59. The molecule has 0 fully saturated rings. The highest BCUT2D eigenvalue weighted by molar-refractivity contribution is 5.69. The van der Waals surface area contributed by atoms with Gasteiger partial charge in [0.2, 0.25) is 0 Å². The van der Waals surface area contributed by atoms with Crippen molar-refractivity contribution in [2.45, 2.75) is 12.8 Å². The molecule has 0 spiro atoms. The van der Waals surface area contributed by atoms with Gasteiger partial charge in [-0.05, 0) is 12.1 Å². The first-order valence-corrected chi connectivity index (χ1v) is 5.24. The number of benzene rings is 1. The average molecular weight is 272 g/mol. The lowest BCUT2D eigenvalue weighted by Crippen LogP contribution is -2.14. The van der Waals surface area contributed by atoms with Crippen LogP contribution in [0.5, 0.6) is 0 Å². The number of nitrogens with zero attached hydrogens (tertiary/aromatic N) is 2. The number of aliphatic hydroxyl groups is 1. The van der Waals surface area contributed by atoms with E-state index in [1.807, 2.05) is 0 Å². The summed E-state index contributed by atoms with van der Waals surface area (Å²) >= 11 is 0. The van der Waals surface area contributed by atoms with Gasteiger partial charge >= 0.3 is 6.18 Å². The molecule has 0 aliphatic rings. The molecule has 0 saturated heterocycles. The molecule has 5 nitrogen and oxygen atoms in total. The number of hydrogen-bond acceptors (Lipinski definition) is 4. The van der Waals surface area contributed by atoms with E-state index < -0.39 is 18.3 Å². The maximum atomic E-state index is 13.0. The van der Waals surface area contributed by atoms with Crippen LogP contribution in [0.4, 0.5) is 24.5 Å². The van der Waals surface area contributed by atoms with E-state index in [9.17, 15) is 13.2 Å². The van der Waals surface area contributed by atoms with Gasteiger partial charge in [0.25, 0.3) is 0 Å². The zero-order valence-electron chi connectivity index (χ0n) is 9.65. The van der Waals surface area contributed by atoms with Crippen molar-refractivity contribution in [1.82, 2.24) is 9.55 Å². The minimum Gasteiger partial charge on any atom is -0.397 e. The first-order chi connectivity index (χ1) is 8.84. The molecule has 0 aliphatic carbocycles. The second kappa shape index (κ2) is 4.47. The third-order valence-electron chi connectivity index (χ3n) is 2.63. The van der Waals surface area contributed by atoms with Gasteiger partial charge in [-0.1, -0.05) is 0 Å². The number of nitrogen functional groups attached to an aromatic ring is 2. The molecule has 0 saturated carbocycles. The molecule has 0 bridgehead atoms. The highest BCUT2D eigenvalue weighted by Crippen LogP contribution is 2.37. The molecular formula is C11H11F3N4O. The highest BCUT2D eigenvalue weighted by Gasteiger charge is 2.35. The molecule has 19 heavy (non-hydrogen) atoms. The minimum absolute atomic E-state index is 0.0283. The standard InChI is InChI=1S/C11H11F3N4O/c12-11(13,14)6-3-7(15)8(16)4-9(6)18-2-1-17-10(18)5-19/h1-4,19H,5,15-16H2.